The minimum Gasteiger partial charge on any atom is -0.352 e. The smallest absolute Gasteiger partial charge is 0.193 e. The van der Waals surface area contributed by atoms with E-state index in [9.17, 15) is 0 Å². The SMILES string of the molecule is CN=C(NCc1cnn(C)c1)N1CCCC(C)C1. The molecule has 0 aliphatic carbocycles. The van der Waals surface area contributed by atoms with E-state index in [0.717, 1.165) is 31.5 Å². The largest absolute Gasteiger partial charge is 0.352 e. The fourth-order valence-electron chi connectivity index (χ4n) is 2.46. The van der Waals surface area contributed by atoms with E-state index in [-0.39, 0.29) is 0 Å². The lowest BCUT2D eigenvalue weighted by molar-refractivity contribution is 0.266. The van der Waals surface area contributed by atoms with Gasteiger partial charge in [-0.1, -0.05) is 6.92 Å². The summed E-state index contributed by atoms with van der Waals surface area (Å²) in [5.74, 6) is 1.76. The van der Waals surface area contributed by atoms with Crippen LogP contribution in [-0.4, -0.2) is 40.8 Å². The highest BCUT2D eigenvalue weighted by molar-refractivity contribution is 5.79. The Balaban J connectivity index is 1.89. The number of aromatic nitrogens is 2. The maximum atomic E-state index is 4.37. The summed E-state index contributed by atoms with van der Waals surface area (Å²) in [4.78, 5) is 6.72. The van der Waals surface area contributed by atoms with Crippen LogP contribution in [0.1, 0.15) is 25.3 Å². The Bertz CT molecular complexity index is 409. The molecule has 1 aromatic rings. The minimum atomic E-state index is 0.760. The van der Waals surface area contributed by atoms with Gasteiger partial charge in [-0.15, -0.1) is 0 Å². The Hall–Kier alpha value is -1.52. The van der Waals surface area contributed by atoms with Crippen molar-refractivity contribution in [2.24, 2.45) is 18.0 Å². The summed E-state index contributed by atoms with van der Waals surface area (Å²) in [5, 5.41) is 7.58. The number of hydrogen-bond donors (Lipinski definition) is 1. The van der Waals surface area contributed by atoms with E-state index in [2.05, 4.69) is 27.2 Å². The van der Waals surface area contributed by atoms with Crippen LogP contribution in [0.5, 0.6) is 0 Å². The lowest BCUT2D eigenvalue weighted by Crippen LogP contribution is -2.45. The van der Waals surface area contributed by atoms with Gasteiger partial charge in [-0.2, -0.15) is 5.10 Å². The molecule has 0 saturated carbocycles. The molecule has 0 amide bonds. The molecule has 5 nitrogen and oxygen atoms in total. The van der Waals surface area contributed by atoms with Gasteiger partial charge in [-0.05, 0) is 18.8 Å². The average Bonchev–Trinajstić information content (AvgIpc) is 2.76. The van der Waals surface area contributed by atoms with Crippen molar-refractivity contribution in [2.75, 3.05) is 20.1 Å². The number of nitrogens with one attached hydrogen (secondary N) is 1. The van der Waals surface area contributed by atoms with Crippen LogP contribution in [0.25, 0.3) is 0 Å². The molecule has 1 aliphatic heterocycles. The molecule has 1 fully saturated rings. The molecule has 1 saturated heterocycles. The second kappa shape index (κ2) is 5.89. The van der Waals surface area contributed by atoms with Crippen molar-refractivity contribution < 1.29 is 0 Å². The number of aryl methyl sites for hydroxylation is 1. The lowest BCUT2D eigenvalue weighted by atomic mass is 10.0. The standard InChI is InChI=1S/C13H23N5/c1-11-5-4-6-18(9-11)13(14-2)15-7-12-8-16-17(3)10-12/h8,10-11H,4-7,9H2,1-3H3,(H,14,15). The van der Waals surface area contributed by atoms with Crippen LogP contribution in [0.4, 0.5) is 0 Å². The Labute approximate surface area is 109 Å². The number of piperidine rings is 1. The summed E-state index contributed by atoms with van der Waals surface area (Å²) in [6.45, 7) is 5.30. The predicted octanol–water partition coefficient (Wildman–Crippen LogP) is 1.23. The highest BCUT2D eigenvalue weighted by Crippen LogP contribution is 2.15. The van der Waals surface area contributed by atoms with Crippen LogP contribution in [0.2, 0.25) is 0 Å². The zero-order valence-electron chi connectivity index (χ0n) is 11.6. The Morgan fingerprint density at radius 1 is 1.61 bits per heavy atom. The molecule has 5 heteroatoms. The quantitative estimate of drug-likeness (QED) is 0.633. The van der Waals surface area contributed by atoms with Gasteiger partial charge in [0.25, 0.3) is 0 Å². The molecule has 1 aliphatic rings. The van der Waals surface area contributed by atoms with Crippen molar-refractivity contribution in [3.05, 3.63) is 18.0 Å². The maximum absolute atomic E-state index is 4.37. The molecule has 0 bridgehead atoms. The molecule has 2 rings (SSSR count). The maximum Gasteiger partial charge on any atom is 0.193 e. The molecule has 1 atom stereocenters. The third-order valence-corrected chi connectivity index (χ3v) is 3.38. The lowest BCUT2D eigenvalue weighted by Gasteiger charge is -2.33. The second-order valence-electron chi connectivity index (χ2n) is 5.12. The molecule has 0 radical (unpaired) electrons. The number of hydrogen-bond acceptors (Lipinski definition) is 2. The summed E-state index contributed by atoms with van der Waals surface area (Å²) < 4.78 is 1.82. The van der Waals surface area contributed by atoms with Crippen LogP contribution in [-0.2, 0) is 13.6 Å². The number of guanidine groups is 1. The topological polar surface area (TPSA) is 45.5 Å². The fourth-order valence-corrected chi connectivity index (χ4v) is 2.46. The average molecular weight is 249 g/mol. The Morgan fingerprint density at radius 2 is 2.44 bits per heavy atom. The molecule has 100 valence electrons. The summed E-state index contributed by atoms with van der Waals surface area (Å²) >= 11 is 0. The fraction of sp³-hybridized carbons (Fsp3) is 0.692. The molecule has 2 heterocycles. The molecular formula is C13H23N5. The van der Waals surface area contributed by atoms with Crippen molar-refractivity contribution in [3.63, 3.8) is 0 Å². The number of likely N-dealkylation sites (tertiary alicyclic amines) is 1. The number of aliphatic imine (C=N–C) groups is 1. The predicted molar refractivity (Wildman–Crippen MR) is 73.4 cm³/mol. The number of rotatable bonds is 2. The Kier molecular flexibility index (Phi) is 4.23. The minimum absolute atomic E-state index is 0.760. The highest BCUT2D eigenvalue weighted by Gasteiger charge is 2.18. The first-order valence-corrected chi connectivity index (χ1v) is 6.62. The number of nitrogens with zero attached hydrogens (tertiary/aromatic N) is 4. The molecule has 1 unspecified atom stereocenters. The summed E-state index contributed by atoms with van der Waals surface area (Å²) in [5.41, 5.74) is 1.18. The first kappa shape index (κ1) is 12.9. The van der Waals surface area contributed by atoms with Gasteiger partial charge < -0.3 is 10.2 Å². The van der Waals surface area contributed by atoms with Crippen molar-refractivity contribution in [1.82, 2.24) is 20.0 Å². The van der Waals surface area contributed by atoms with Gasteiger partial charge in [0.2, 0.25) is 0 Å². The third-order valence-electron chi connectivity index (χ3n) is 3.38. The van der Waals surface area contributed by atoms with Gasteiger partial charge in [-0.3, -0.25) is 9.67 Å². The van der Waals surface area contributed by atoms with Gasteiger partial charge in [0, 0.05) is 45.5 Å². The van der Waals surface area contributed by atoms with Crippen LogP contribution >= 0.6 is 0 Å². The van der Waals surface area contributed by atoms with Crippen LogP contribution in [0.3, 0.4) is 0 Å². The zero-order valence-corrected chi connectivity index (χ0v) is 11.6. The second-order valence-corrected chi connectivity index (χ2v) is 5.12. The van der Waals surface area contributed by atoms with Gasteiger partial charge in [0.05, 0.1) is 6.20 Å². The van der Waals surface area contributed by atoms with Crippen molar-refractivity contribution >= 4 is 5.96 Å². The van der Waals surface area contributed by atoms with Crippen LogP contribution < -0.4 is 5.32 Å². The first-order valence-electron chi connectivity index (χ1n) is 6.62. The van der Waals surface area contributed by atoms with E-state index in [1.807, 2.05) is 31.2 Å². The first-order chi connectivity index (χ1) is 8.69. The van der Waals surface area contributed by atoms with E-state index >= 15 is 0 Å². The summed E-state index contributed by atoms with van der Waals surface area (Å²) in [7, 11) is 3.79. The molecule has 1 aromatic heterocycles. The Morgan fingerprint density at radius 3 is 3.06 bits per heavy atom. The highest BCUT2D eigenvalue weighted by atomic mass is 15.3. The van der Waals surface area contributed by atoms with Crippen molar-refractivity contribution in [3.8, 4) is 0 Å². The van der Waals surface area contributed by atoms with E-state index in [1.165, 1.54) is 18.4 Å². The zero-order chi connectivity index (χ0) is 13.0. The molecule has 18 heavy (non-hydrogen) atoms. The van der Waals surface area contributed by atoms with E-state index < -0.39 is 0 Å². The monoisotopic (exact) mass is 249 g/mol. The van der Waals surface area contributed by atoms with Gasteiger partial charge in [-0.25, -0.2) is 0 Å². The van der Waals surface area contributed by atoms with Crippen LogP contribution in [0, 0.1) is 5.92 Å². The molecule has 1 N–H and O–H groups in total. The van der Waals surface area contributed by atoms with E-state index in [0.29, 0.717) is 0 Å². The summed E-state index contributed by atoms with van der Waals surface area (Å²) in [6, 6.07) is 0. The third kappa shape index (κ3) is 3.24. The van der Waals surface area contributed by atoms with Gasteiger partial charge in [0.15, 0.2) is 5.96 Å². The van der Waals surface area contributed by atoms with Gasteiger partial charge in [0.1, 0.15) is 0 Å². The van der Waals surface area contributed by atoms with Gasteiger partial charge >= 0.3 is 0 Å². The molecule has 0 aromatic carbocycles. The van der Waals surface area contributed by atoms with E-state index in [1.54, 1.807) is 0 Å². The molecule has 0 spiro atoms. The van der Waals surface area contributed by atoms with E-state index in [4.69, 9.17) is 0 Å². The van der Waals surface area contributed by atoms with Crippen molar-refractivity contribution in [2.45, 2.75) is 26.3 Å². The van der Waals surface area contributed by atoms with Crippen molar-refractivity contribution in [1.29, 1.82) is 0 Å². The van der Waals surface area contributed by atoms with Crippen LogP contribution in [0.15, 0.2) is 17.4 Å². The molecular weight excluding hydrogens is 226 g/mol. The normalized spacial score (nSPS) is 21.2. The summed E-state index contributed by atoms with van der Waals surface area (Å²) in [6.07, 6.45) is 6.50.